The van der Waals surface area contributed by atoms with Gasteiger partial charge in [0.15, 0.2) is 5.78 Å². The number of nitrogens with zero attached hydrogens (tertiary/aromatic N) is 1. The van der Waals surface area contributed by atoms with Crippen LogP contribution in [0, 0.1) is 17.8 Å². The number of ketones is 2. The zero-order valence-corrected chi connectivity index (χ0v) is 20.9. The summed E-state index contributed by atoms with van der Waals surface area (Å²) in [5.41, 5.74) is 4.10. The Morgan fingerprint density at radius 1 is 0.971 bits per heavy atom. The molecule has 0 bridgehead atoms. The van der Waals surface area contributed by atoms with Crippen LogP contribution in [0.25, 0.3) is 11.1 Å². The Balaban J connectivity index is 1.66. The van der Waals surface area contributed by atoms with Crippen LogP contribution in [-0.2, 0) is 9.59 Å². The van der Waals surface area contributed by atoms with Crippen molar-refractivity contribution in [3.63, 3.8) is 0 Å². The lowest BCUT2D eigenvalue weighted by Crippen LogP contribution is -2.28. The maximum absolute atomic E-state index is 13.0. The highest BCUT2D eigenvalue weighted by atomic mass is 16.3. The van der Waals surface area contributed by atoms with Gasteiger partial charge >= 0.3 is 0 Å². The van der Waals surface area contributed by atoms with Crippen LogP contribution in [0.4, 0.5) is 0 Å². The molecule has 1 fully saturated rings. The number of benzene rings is 2. The predicted octanol–water partition coefficient (Wildman–Crippen LogP) is 6.04. The molecule has 5 heteroatoms. The van der Waals surface area contributed by atoms with Crippen molar-refractivity contribution in [1.82, 2.24) is 0 Å². The molecule has 0 saturated heterocycles. The molecule has 2 aromatic rings. The molecule has 1 N–H and O–H groups in total. The minimum absolute atomic E-state index is 0.0542. The van der Waals surface area contributed by atoms with E-state index in [9.17, 15) is 14.4 Å². The van der Waals surface area contributed by atoms with Gasteiger partial charge in [-0.15, -0.1) is 0 Å². The quantitative estimate of drug-likeness (QED) is 0.196. The molecule has 5 nitrogen and oxygen atoms in total. The van der Waals surface area contributed by atoms with Gasteiger partial charge in [-0.05, 0) is 54.5 Å². The Kier molecular flexibility index (Phi) is 9.67. The number of amides is 1. The highest BCUT2D eigenvalue weighted by Gasteiger charge is 2.30. The van der Waals surface area contributed by atoms with Gasteiger partial charge in [0.1, 0.15) is 5.78 Å². The van der Waals surface area contributed by atoms with E-state index in [0.29, 0.717) is 11.5 Å². The number of rotatable bonds is 10. The number of aliphatic hydroxyl groups is 1. The summed E-state index contributed by atoms with van der Waals surface area (Å²) in [7, 11) is 0. The summed E-state index contributed by atoms with van der Waals surface area (Å²) in [5.74, 6) is -1.31. The van der Waals surface area contributed by atoms with Crippen LogP contribution < -0.4 is 0 Å². The molecular formula is C30H37NO4. The average Bonchev–Trinajstić information content (AvgIpc) is 3.11. The summed E-state index contributed by atoms with van der Waals surface area (Å²) < 4.78 is 0. The number of aliphatic imine (C=N–C) groups is 1. The number of hydrogen-bond donors (Lipinski definition) is 1. The van der Waals surface area contributed by atoms with E-state index in [1.807, 2.05) is 12.1 Å². The summed E-state index contributed by atoms with van der Waals surface area (Å²) in [4.78, 5) is 40.6. The Morgan fingerprint density at radius 3 is 2.20 bits per heavy atom. The first-order valence-corrected chi connectivity index (χ1v) is 12.7. The van der Waals surface area contributed by atoms with Crippen molar-refractivity contribution in [1.29, 1.82) is 0 Å². The molecule has 1 amide bonds. The predicted molar refractivity (Wildman–Crippen MR) is 140 cm³/mol. The Bertz CT molecular complexity index is 1030. The lowest BCUT2D eigenvalue weighted by molar-refractivity contribution is -0.132. The van der Waals surface area contributed by atoms with Gasteiger partial charge in [0.05, 0.1) is 5.92 Å². The topological polar surface area (TPSA) is 83.8 Å². The Morgan fingerprint density at radius 2 is 1.60 bits per heavy atom. The van der Waals surface area contributed by atoms with E-state index in [2.05, 4.69) is 42.9 Å². The normalized spacial score (nSPS) is 19.9. The van der Waals surface area contributed by atoms with Crippen LogP contribution in [0.3, 0.4) is 0 Å². The summed E-state index contributed by atoms with van der Waals surface area (Å²) in [6.07, 6.45) is 6.37. The zero-order chi connectivity index (χ0) is 25.4. The number of Topliss-reactive ketones (excluding diaryl/α,β-unsaturated/α-hetero) is 2. The first kappa shape index (κ1) is 26.7. The number of carbonyl (C=O) groups is 3. The third-order valence-corrected chi connectivity index (χ3v) is 7.38. The number of carbonyl (C=O) groups excluding carboxylic acids is 3. The third-order valence-electron chi connectivity index (χ3n) is 7.38. The van der Waals surface area contributed by atoms with Crippen molar-refractivity contribution in [3.05, 3.63) is 59.7 Å². The summed E-state index contributed by atoms with van der Waals surface area (Å²) in [6, 6.07) is 16.3. The van der Waals surface area contributed by atoms with Gasteiger partial charge < -0.3 is 5.11 Å². The molecule has 1 saturated carbocycles. The summed E-state index contributed by atoms with van der Waals surface area (Å²) in [6.45, 7) is 6.93. The molecular weight excluding hydrogens is 438 g/mol. The second kappa shape index (κ2) is 12.7. The largest absolute Gasteiger partial charge is 0.396 e. The van der Waals surface area contributed by atoms with E-state index < -0.39 is 23.5 Å². The van der Waals surface area contributed by atoms with Gasteiger partial charge in [0, 0.05) is 24.5 Å². The van der Waals surface area contributed by atoms with E-state index in [0.717, 1.165) is 17.0 Å². The fourth-order valence-corrected chi connectivity index (χ4v) is 5.10. The molecule has 35 heavy (non-hydrogen) atoms. The van der Waals surface area contributed by atoms with Crippen LogP contribution in [0.2, 0.25) is 0 Å². The van der Waals surface area contributed by atoms with Crippen LogP contribution >= 0.6 is 0 Å². The first-order chi connectivity index (χ1) is 16.8. The van der Waals surface area contributed by atoms with Crippen LogP contribution in [-0.4, -0.2) is 35.9 Å². The second-order valence-electron chi connectivity index (χ2n) is 10.00. The molecule has 0 heterocycles. The Hall–Kier alpha value is -2.92. The van der Waals surface area contributed by atoms with Crippen LogP contribution in [0.5, 0.6) is 0 Å². The molecule has 1 aliphatic carbocycles. The lowest BCUT2D eigenvalue weighted by atomic mass is 9.86. The summed E-state index contributed by atoms with van der Waals surface area (Å²) in [5, 5.41) is 9.04. The van der Waals surface area contributed by atoms with Crippen molar-refractivity contribution in [3.8, 4) is 11.1 Å². The fraction of sp³-hybridized carbons (Fsp3) is 0.467. The van der Waals surface area contributed by atoms with E-state index in [1.165, 1.54) is 37.7 Å². The second-order valence-corrected chi connectivity index (χ2v) is 10.00. The number of aliphatic hydroxyl groups excluding tert-OH is 1. The van der Waals surface area contributed by atoms with Crippen molar-refractivity contribution < 1.29 is 19.5 Å². The van der Waals surface area contributed by atoms with Crippen LogP contribution in [0.15, 0.2) is 53.5 Å². The molecule has 1 aliphatic rings. The molecule has 186 valence electrons. The minimum Gasteiger partial charge on any atom is -0.396 e. The molecule has 0 aromatic heterocycles. The molecule has 0 spiro atoms. The monoisotopic (exact) mass is 475 g/mol. The Labute approximate surface area is 208 Å². The first-order valence-electron chi connectivity index (χ1n) is 12.7. The van der Waals surface area contributed by atoms with Crippen molar-refractivity contribution >= 4 is 24.2 Å². The van der Waals surface area contributed by atoms with E-state index in [4.69, 9.17) is 5.11 Å². The SMILES string of the molecule is C=NC(=O)C(CC(C)C(=O)c1ccc(-c2ccc(C3CCCC(C)CC3)cc2)cc1)C(=O)CCO. The molecule has 0 radical (unpaired) electrons. The van der Waals surface area contributed by atoms with E-state index >= 15 is 0 Å². The van der Waals surface area contributed by atoms with Crippen LogP contribution in [0.1, 0.15) is 80.6 Å². The standard InChI is InChI=1S/C30H37NO4/c1-20-5-4-6-22(8-7-20)23-9-11-24(12-10-23)25-13-15-26(16-14-25)29(34)21(2)19-27(30(35)31-3)28(33)17-18-32/h9-16,20-22,27,32H,3-8,17-19H2,1-2H3. The van der Waals surface area contributed by atoms with Gasteiger partial charge in [-0.25, -0.2) is 4.99 Å². The van der Waals surface area contributed by atoms with Gasteiger partial charge in [0.25, 0.3) is 5.91 Å². The lowest BCUT2D eigenvalue weighted by Gasteiger charge is -2.17. The van der Waals surface area contributed by atoms with Gasteiger partial charge in [0.2, 0.25) is 0 Å². The maximum atomic E-state index is 13.0. The number of hydrogen-bond acceptors (Lipinski definition) is 4. The van der Waals surface area contributed by atoms with Crippen molar-refractivity contribution in [2.24, 2.45) is 22.7 Å². The zero-order valence-electron chi connectivity index (χ0n) is 20.9. The third kappa shape index (κ3) is 7.04. The minimum atomic E-state index is -1.05. The van der Waals surface area contributed by atoms with Gasteiger partial charge in [-0.1, -0.05) is 81.6 Å². The molecule has 2 aromatic carbocycles. The van der Waals surface area contributed by atoms with Crippen molar-refractivity contribution in [2.75, 3.05) is 6.61 Å². The van der Waals surface area contributed by atoms with Crippen molar-refractivity contribution in [2.45, 2.75) is 64.7 Å². The summed E-state index contributed by atoms with van der Waals surface area (Å²) >= 11 is 0. The van der Waals surface area contributed by atoms with Gasteiger partial charge in [-0.2, -0.15) is 0 Å². The maximum Gasteiger partial charge on any atom is 0.255 e. The molecule has 0 aliphatic heterocycles. The van der Waals surface area contributed by atoms with E-state index in [-0.39, 0.29) is 25.2 Å². The average molecular weight is 476 g/mol. The van der Waals surface area contributed by atoms with Gasteiger partial charge in [-0.3, -0.25) is 14.4 Å². The smallest absolute Gasteiger partial charge is 0.255 e. The molecule has 4 atom stereocenters. The highest BCUT2D eigenvalue weighted by Crippen LogP contribution is 2.35. The van der Waals surface area contributed by atoms with E-state index in [1.54, 1.807) is 19.1 Å². The molecule has 3 rings (SSSR count). The highest BCUT2D eigenvalue weighted by molar-refractivity contribution is 6.04. The fourth-order valence-electron chi connectivity index (χ4n) is 5.10. The molecule has 4 unspecified atom stereocenters.